The Morgan fingerprint density at radius 1 is 1.21 bits per heavy atom. The highest BCUT2D eigenvalue weighted by molar-refractivity contribution is 5.91. The van der Waals surface area contributed by atoms with Gasteiger partial charge in [0.15, 0.2) is 0 Å². The van der Waals surface area contributed by atoms with Gasteiger partial charge in [-0.05, 0) is 30.5 Å². The van der Waals surface area contributed by atoms with Crippen molar-refractivity contribution in [2.24, 2.45) is 0 Å². The summed E-state index contributed by atoms with van der Waals surface area (Å²) in [5.74, 6) is -0.700. The van der Waals surface area contributed by atoms with Crippen LogP contribution in [0.5, 0.6) is 0 Å². The number of carboxylic acids is 1. The van der Waals surface area contributed by atoms with E-state index < -0.39 is 5.97 Å². The SMILES string of the molecule is CCC(CC)c1cc(C(=O)N(C)Cc2ccc(C(=O)O)cc2)on1. The highest BCUT2D eigenvalue weighted by Gasteiger charge is 2.20. The van der Waals surface area contributed by atoms with Crippen LogP contribution in [0.1, 0.15) is 64.8 Å². The summed E-state index contributed by atoms with van der Waals surface area (Å²) in [5, 5.41) is 12.9. The molecule has 1 aromatic heterocycles. The molecule has 0 saturated carbocycles. The maximum Gasteiger partial charge on any atom is 0.335 e. The lowest BCUT2D eigenvalue weighted by molar-refractivity contribution is 0.0694. The predicted octanol–water partition coefficient (Wildman–Crippen LogP) is 3.55. The van der Waals surface area contributed by atoms with Gasteiger partial charge in [0, 0.05) is 25.6 Å². The Kier molecular flexibility index (Phi) is 5.73. The van der Waals surface area contributed by atoms with E-state index in [-0.39, 0.29) is 17.2 Å². The van der Waals surface area contributed by atoms with Crippen LogP contribution >= 0.6 is 0 Å². The highest BCUT2D eigenvalue weighted by atomic mass is 16.5. The molecule has 0 fully saturated rings. The smallest absolute Gasteiger partial charge is 0.335 e. The number of rotatable bonds is 7. The Morgan fingerprint density at radius 2 is 1.83 bits per heavy atom. The number of amides is 1. The van der Waals surface area contributed by atoms with Gasteiger partial charge in [0.2, 0.25) is 5.76 Å². The Bertz CT molecular complexity index is 702. The van der Waals surface area contributed by atoms with Gasteiger partial charge in [0.25, 0.3) is 5.91 Å². The number of aromatic carboxylic acids is 1. The molecule has 2 rings (SSSR count). The van der Waals surface area contributed by atoms with Crippen molar-refractivity contribution in [2.45, 2.75) is 39.2 Å². The van der Waals surface area contributed by atoms with Crippen LogP contribution in [0.2, 0.25) is 0 Å². The number of carbonyl (C=O) groups excluding carboxylic acids is 1. The molecule has 24 heavy (non-hydrogen) atoms. The van der Waals surface area contributed by atoms with Gasteiger partial charge in [-0.15, -0.1) is 0 Å². The summed E-state index contributed by atoms with van der Waals surface area (Å²) in [6.45, 7) is 4.52. The number of aromatic nitrogens is 1. The first-order valence-corrected chi connectivity index (χ1v) is 8.00. The lowest BCUT2D eigenvalue weighted by Gasteiger charge is -2.15. The van der Waals surface area contributed by atoms with Crippen LogP contribution in [-0.4, -0.2) is 34.1 Å². The molecule has 1 heterocycles. The number of hydrogen-bond donors (Lipinski definition) is 1. The third kappa shape index (κ3) is 4.01. The second kappa shape index (κ2) is 7.77. The standard InChI is InChI=1S/C18H22N2O4/c1-4-13(5-2)15-10-16(24-19-15)17(21)20(3)11-12-6-8-14(9-7-12)18(22)23/h6-10,13H,4-5,11H2,1-3H3,(H,22,23). The Labute approximate surface area is 141 Å². The Balaban J connectivity index is 2.05. The van der Waals surface area contributed by atoms with E-state index in [1.165, 1.54) is 17.0 Å². The maximum atomic E-state index is 12.4. The van der Waals surface area contributed by atoms with Crippen molar-refractivity contribution in [3.05, 3.63) is 52.9 Å². The van der Waals surface area contributed by atoms with Gasteiger partial charge >= 0.3 is 5.97 Å². The van der Waals surface area contributed by atoms with E-state index in [9.17, 15) is 9.59 Å². The van der Waals surface area contributed by atoms with Gasteiger partial charge < -0.3 is 14.5 Å². The topological polar surface area (TPSA) is 83.6 Å². The molecular weight excluding hydrogens is 308 g/mol. The first kappa shape index (κ1) is 17.7. The summed E-state index contributed by atoms with van der Waals surface area (Å²) in [4.78, 5) is 24.8. The summed E-state index contributed by atoms with van der Waals surface area (Å²) in [6.07, 6.45) is 1.89. The monoisotopic (exact) mass is 330 g/mol. The Hall–Kier alpha value is -2.63. The largest absolute Gasteiger partial charge is 0.478 e. The van der Waals surface area contributed by atoms with Crippen molar-refractivity contribution in [1.29, 1.82) is 0 Å². The summed E-state index contributed by atoms with van der Waals surface area (Å²) >= 11 is 0. The van der Waals surface area contributed by atoms with Gasteiger partial charge in [-0.2, -0.15) is 0 Å². The van der Waals surface area contributed by atoms with Crippen molar-refractivity contribution >= 4 is 11.9 Å². The molecular formula is C18H22N2O4. The second-order valence-electron chi connectivity index (χ2n) is 5.79. The minimum absolute atomic E-state index is 0.220. The number of benzene rings is 1. The van der Waals surface area contributed by atoms with Crippen molar-refractivity contribution in [2.75, 3.05) is 7.05 Å². The van der Waals surface area contributed by atoms with Crippen molar-refractivity contribution in [1.82, 2.24) is 10.1 Å². The first-order chi connectivity index (χ1) is 11.5. The van der Waals surface area contributed by atoms with Crippen molar-refractivity contribution in [3.63, 3.8) is 0 Å². The van der Waals surface area contributed by atoms with Crippen LogP contribution in [-0.2, 0) is 6.54 Å². The molecule has 6 nitrogen and oxygen atoms in total. The molecule has 0 saturated heterocycles. The predicted molar refractivity (Wildman–Crippen MR) is 89.0 cm³/mol. The molecule has 128 valence electrons. The maximum absolute atomic E-state index is 12.4. The van der Waals surface area contributed by atoms with E-state index in [1.807, 2.05) is 0 Å². The summed E-state index contributed by atoms with van der Waals surface area (Å²) in [6, 6.07) is 8.15. The minimum Gasteiger partial charge on any atom is -0.478 e. The van der Waals surface area contributed by atoms with Crippen LogP contribution in [0.3, 0.4) is 0 Å². The zero-order chi connectivity index (χ0) is 17.7. The molecule has 0 aliphatic heterocycles. The third-order valence-corrected chi connectivity index (χ3v) is 4.11. The molecule has 0 spiro atoms. The zero-order valence-corrected chi connectivity index (χ0v) is 14.2. The molecule has 0 unspecified atom stereocenters. The Morgan fingerprint density at radius 3 is 2.38 bits per heavy atom. The fourth-order valence-corrected chi connectivity index (χ4v) is 2.58. The summed E-state index contributed by atoms with van der Waals surface area (Å²) in [5.41, 5.74) is 1.87. The molecule has 1 aromatic carbocycles. The van der Waals surface area contributed by atoms with Gasteiger partial charge in [-0.3, -0.25) is 4.79 Å². The molecule has 1 N–H and O–H groups in total. The summed E-state index contributed by atoms with van der Waals surface area (Å²) in [7, 11) is 1.67. The molecule has 6 heteroatoms. The van der Waals surface area contributed by atoms with Crippen molar-refractivity contribution < 1.29 is 19.2 Å². The zero-order valence-electron chi connectivity index (χ0n) is 14.2. The van der Waals surface area contributed by atoms with E-state index in [4.69, 9.17) is 9.63 Å². The third-order valence-electron chi connectivity index (χ3n) is 4.11. The van der Waals surface area contributed by atoms with E-state index in [0.717, 1.165) is 24.1 Å². The molecule has 0 bridgehead atoms. The van der Waals surface area contributed by atoms with Crippen LogP contribution < -0.4 is 0 Å². The van der Waals surface area contributed by atoms with E-state index >= 15 is 0 Å². The van der Waals surface area contributed by atoms with Gasteiger partial charge in [0.05, 0.1) is 11.3 Å². The number of nitrogens with zero attached hydrogens (tertiary/aromatic N) is 2. The normalized spacial score (nSPS) is 10.8. The van der Waals surface area contributed by atoms with Gasteiger partial charge in [0.1, 0.15) is 0 Å². The first-order valence-electron chi connectivity index (χ1n) is 8.00. The molecule has 0 radical (unpaired) electrons. The van der Waals surface area contributed by atoms with Crippen LogP contribution in [0.4, 0.5) is 0 Å². The fourth-order valence-electron chi connectivity index (χ4n) is 2.58. The second-order valence-corrected chi connectivity index (χ2v) is 5.79. The van der Waals surface area contributed by atoms with E-state index in [2.05, 4.69) is 19.0 Å². The van der Waals surface area contributed by atoms with E-state index in [1.54, 1.807) is 25.2 Å². The van der Waals surface area contributed by atoms with Crippen molar-refractivity contribution in [3.8, 4) is 0 Å². The molecule has 2 aromatic rings. The quantitative estimate of drug-likeness (QED) is 0.839. The number of carboxylic acid groups (broad SMARTS) is 1. The molecule has 0 atom stereocenters. The fraction of sp³-hybridized carbons (Fsp3) is 0.389. The average Bonchev–Trinajstić information content (AvgIpc) is 3.05. The highest BCUT2D eigenvalue weighted by Crippen LogP contribution is 2.23. The van der Waals surface area contributed by atoms with Gasteiger partial charge in [-0.1, -0.05) is 31.1 Å². The van der Waals surface area contributed by atoms with Crippen LogP contribution in [0.25, 0.3) is 0 Å². The van der Waals surface area contributed by atoms with E-state index in [0.29, 0.717) is 12.5 Å². The van der Waals surface area contributed by atoms with Crippen LogP contribution in [0, 0.1) is 0 Å². The molecule has 1 amide bonds. The lowest BCUT2D eigenvalue weighted by atomic mass is 9.99. The number of carbonyl (C=O) groups is 2. The van der Waals surface area contributed by atoms with Crippen LogP contribution in [0.15, 0.2) is 34.9 Å². The molecule has 0 aliphatic rings. The van der Waals surface area contributed by atoms with Gasteiger partial charge in [-0.25, -0.2) is 4.79 Å². The number of hydrogen-bond acceptors (Lipinski definition) is 4. The minimum atomic E-state index is -0.971. The summed E-state index contributed by atoms with van der Waals surface area (Å²) < 4.78 is 5.20. The lowest BCUT2D eigenvalue weighted by Crippen LogP contribution is -2.25. The average molecular weight is 330 g/mol. The molecule has 0 aliphatic carbocycles.